The van der Waals surface area contributed by atoms with Crippen LogP contribution in [0.15, 0.2) is 24.3 Å². The molecule has 0 fully saturated rings. The molecule has 0 saturated heterocycles. The Morgan fingerprint density at radius 3 is 2.57 bits per heavy atom. The minimum Gasteiger partial charge on any atom is -0.382 e. The Morgan fingerprint density at radius 2 is 1.95 bits per heavy atom. The molecule has 0 aromatic heterocycles. The fourth-order valence-electron chi connectivity index (χ4n) is 1.68. The number of amides is 1. The summed E-state index contributed by atoms with van der Waals surface area (Å²) in [6.07, 6.45) is 0.664. The molecular formula is C14H20ClNO4S. The van der Waals surface area contributed by atoms with Crippen LogP contribution in [0.25, 0.3) is 0 Å². The highest BCUT2D eigenvalue weighted by molar-refractivity contribution is 7.91. The van der Waals surface area contributed by atoms with E-state index in [0.717, 1.165) is 0 Å². The maximum Gasteiger partial charge on any atom is 0.235 e. The van der Waals surface area contributed by atoms with Crippen LogP contribution in [-0.2, 0) is 25.1 Å². The third-order valence-corrected chi connectivity index (χ3v) is 4.37. The van der Waals surface area contributed by atoms with Gasteiger partial charge in [-0.2, -0.15) is 0 Å². The molecule has 0 spiro atoms. The Labute approximate surface area is 130 Å². The average Bonchev–Trinajstić information content (AvgIpc) is 2.40. The normalized spacial score (nSPS) is 11.3. The summed E-state index contributed by atoms with van der Waals surface area (Å²) >= 11 is 5.74. The summed E-state index contributed by atoms with van der Waals surface area (Å²) in [6.45, 7) is 3.48. The first-order valence-electron chi connectivity index (χ1n) is 6.72. The first kappa shape index (κ1) is 17.9. The number of nitrogens with one attached hydrogen (secondary N) is 1. The molecule has 0 heterocycles. The maximum atomic E-state index is 11.9. The van der Waals surface area contributed by atoms with E-state index in [1.807, 2.05) is 6.92 Å². The molecular weight excluding hydrogens is 314 g/mol. The molecule has 0 atom stereocenters. The molecule has 21 heavy (non-hydrogen) atoms. The molecule has 5 nitrogen and oxygen atoms in total. The van der Waals surface area contributed by atoms with Crippen molar-refractivity contribution in [3.8, 4) is 0 Å². The Kier molecular flexibility index (Phi) is 7.71. The van der Waals surface area contributed by atoms with Gasteiger partial charge in [0, 0.05) is 24.8 Å². The van der Waals surface area contributed by atoms with Gasteiger partial charge >= 0.3 is 0 Å². The summed E-state index contributed by atoms with van der Waals surface area (Å²) in [4.78, 5) is 11.6. The smallest absolute Gasteiger partial charge is 0.235 e. The van der Waals surface area contributed by atoms with E-state index in [1.165, 1.54) is 0 Å². The quantitative estimate of drug-likeness (QED) is 0.699. The number of halogens is 1. The average molecular weight is 334 g/mol. The van der Waals surface area contributed by atoms with Crippen LogP contribution in [-0.4, -0.2) is 39.8 Å². The summed E-state index contributed by atoms with van der Waals surface area (Å²) in [6, 6.07) is 6.53. The zero-order valence-corrected chi connectivity index (χ0v) is 13.5. The second-order valence-electron chi connectivity index (χ2n) is 4.56. The molecule has 1 N–H and O–H groups in total. The van der Waals surface area contributed by atoms with Gasteiger partial charge in [-0.15, -0.1) is 0 Å². The second-order valence-corrected chi connectivity index (χ2v) is 7.06. The van der Waals surface area contributed by atoms with Crippen LogP contribution in [0, 0.1) is 0 Å². The number of ether oxygens (including phenoxy) is 1. The first-order valence-corrected chi connectivity index (χ1v) is 8.92. The zero-order chi connectivity index (χ0) is 15.7. The SMILES string of the molecule is CCOCCCNC(=O)CS(=O)(=O)Cc1ccc(Cl)cc1. The van der Waals surface area contributed by atoms with E-state index in [1.54, 1.807) is 24.3 Å². The van der Waals surface area contributed by atoms with Crippen molar-refractivity contribution in [2.24, 2.45) is 0 Å². The summed E-state index contributed by atoms with van der Waals surface area (Å²) in [5.41, 5.74) is 0.614. The molecule has 1 aromatic carbocycles. The summed E-state index contributed by atoms with van der Waals surface area (Å²) < 4.78 is 28.9. The Morgan fingerprint density at radius 1 is 1.29 bits per heavy atom. The van der Waals surface area contributed by atoms with Crippen molar-refractivity contribution >= 4 is 27.3 Å². The Hall–Kier alpha value is -1.11. The largest absolute Gasteiger partial charge is 0.382 e. The molecule has 1 amide bonds. The molecule has 1 aromatic rings. The fraction of sp³-hybridized carbons (Fsp3) is 0.500. The van der Waals surface area contributed by atoms with E-state index in [2.05, 4.69) is 5.32 Å². The highest BCUT2D eigenvalue weighted by Gasteiger charge is 2.17. The number of benzene rings is 1. The molecule has 1 rings (SSSR count). The number of sulfone groups is 1. The molecule has 7 heteroatoms. The monoisotopic (exact) mass is 333 g/mol. The third kappa shape index (κ3) is 8.04. The van der Waals surface area contributed by atoms with Crippen molar-refractivity contribution in [2.45, 2.75) is 19.1 Å². The van der Waals surface area contributed by atoms with E-state index >= 15 is 0 Å². The second kappa shape index (κ2) is 9.02. The number of hydrogen-bond acceptors (Lipinski definition) is 4. The highest BCUT2D eigenvalue weighted by Crippen LogP contribution is 2.12. The van der Waals surface area contributed by atoms with Crippen molar-refractivity contribution in [3.05, 3.63) is 34.9 Å². The molecule has 0 radical (unpaired) electrons. The van der Waals surface area contributed by atoms with Crippen LogP contribution in [0.5, 0.6) is 0 Å². The van der Waals surface area contributed by atoms with E-state index in [4.69, 9.17) is 16.3 Å². The van der Waals surface area contributed by atoms with Gasteiger partial charge in [0.15, 0.2) is 9.84 Å². The van der Waals surface area contributed by atoms with E-state index in [-0.39, 0.29) is 5.75 Å². The van der Waals surface area contributed by atoms with Gasteiger partial charge in [-0.05, 0) is 31.0 Å². The van der Waals surface area contributed by atoms with Gasteiger partial charge in [-0.3, -0.25) is 4.79 Å². The lowest BCUT2D eigenvalue weighted by Crippen LogP contribution is -2.32. The third-order valence-electron chi connectivity index (χ3n) is 2.64. The number of carbonyl (C=O) groups is 1. The van der Waals surface area contributed by atoms with Gasteiger partial charge in [-0.1, -0.05) is 23.7 Å². The predicted octanol–water partition coefficient (Wildman–Crippen LogP) is 1.80. The van der Waals surface area contributed by atoms with Crippen LogP contribution in [0.1, 0.15) is 18.9 Å². The van der Waals surface area contributed by atoms with Gasteiger partial charge in [0.2, 0.25) is 5.91 Å². The van der Waals surface area contributed by atoms with Crippen LogP contribution in [0.3, 0.4) is 0 Å². The van der Waals surface area contributed by atoms with Crippen molar-refractivity contribution < 1.29 is 17.9 Å². The number of carbonyl (C=O) groups excluding carboxylic acids is 1. The minimum absolute atomic E-state index is 0.170. The van der Waals surface area contributed by atoms with E-state index in [9.17, 15) is 13.2 Å². The fourth-order valence-corrected chi connectivity index (χ4v) is 3.11. The molecule has 0 aliphatic carbocycles. The summed E-state index contributed by atoms with van der Waals surface area (Å²) in [5.74, 6) is -1.17. The molecule has 0 bridgehead atoms. The molecule has 118 valence electrons. The van der Waals surface area contributed by atoms with Gasteiger partial charge < -0.3 is 10.1 Å². The Bertz CT molecular complexity index is 543. The molecule has 0 saturated carbocycles. The number of hydrogen-bond donors (Lipinski definition) is 1. The van der Waals surface area contributed by atoms with E-state index < -0.39 is 21.5 Å². The summed E-state index contributed by atoms with van der Waals surface area (Å²) in [7, 11) is -3.48. The topological polar surface area (TPSA) is 72.5 Å². The molecule has 0 aliphatic heterocycles. The molecule has 0 aliphatic rings. The van der Waals surface area contributed by atoms with Crippen LogP contribution >= 0.6 is 11.6 Å². The predicted molar refractivity (Wildman–Crippen MR) is 83.1 cm³/mol. The van der Waals surface area contributed by atoms with Crippen molar-refractivity contribution in [3.63, 3.8) is 0 Å². The lowest BCUT2D eigenvalue weighted by atomic mass is 10.2. The van der Waals surface area contributed by atoms with Gasteiger partial charge in [0.25, 0.3) is 0 Å². The van der Waals surface area contributed by atoms with Crippen molar-refractivity contribution in [1.82, 2.24) is 5.32 Å². The van der Waals surface area contributed by atoms with Crippen molar-refractivity contribution in [1.29, 1.82) is 0 Å². The standard InChI is InChI=1S/C14H20ClNO4S/c1-2-20-9-3-8-16-14(17)11-21(18,19)10-12-4-6-13(15)7-5-12/h4-7H,2-3,8-11H2,1H3,(H,16,17). The summed E-state index contributed by atoms with van der Waals surface area (Å²) in [5, 5.41) is 3.12. The van der Waals surface area contributed by atoms with Gasteiger partial charge in [-0.25, -0.2) is 8.42 Å². The Balaban J connectivity index is 2.37. The van der Waals surface area contributed by atoms with Crippen molar-refractivity contribution in [2.75, 3.05) is 25.5 Å². The van der Waals surface area contributed by atoms with Crippen LogP contribution in [0.4, 0.5) is 0 Å². The van der Waals surface area contributed by atoms with Crippen LogP contribution < -0.4 is 5.32 Å². The first-order chi connectivity index (χ1) is 9.93. The number of rotatable bonds is 9. The minimum atomic E-state index is -3.48. The highest BCUT2D eigenvalue weighted by atomic mass is 35.5. The van der Waals surface area contributed by atoms with E-state index in [0.29, 0.717) is 36.8 Å². The maximum absolute atomic E-state index is 11.9. The van der Waals surface area contributed by atoms with Crippen LogP contribution in [0.2, 0.25) is 5.02 Å². The zero-order valence-electron chi connectivity index (χ0n) is 12.0. The molecule has 0 unspecified atom stereocenters. The lowest BCUT2D eigenvalue weighted by molar-refractivity contribution is -0.118. The van der Waals surface area contributed by atoms with Gasteiger partial charge in [0.05, 0.1) is 5.75 Å². The van der Waals surface area contributed by atoms with Gasteiger partial charge in [0.1, 0.15) is 5.75 Å². The lowest BCUT2D eigenvalue weighted by Gasteiger charge is -2.07.